The Morgan fingerprint density at radius 1 is 0.607 bits per heavy atom. The molecule has 0 saturated heterocycles. The second-order valence-corrected chi connectivity index (χ2v) is 17.6. The fraction of sp³-hybridized carbons (Fsp3) is 0.161. The second-order valence-electron chi connectivity index (χ2n) is 17.6. The van der Waals surface area contributed by atoms with E-state index in [2.05, 4.69) is 225 Å². The van der Waals surface area contributed by atoms with Gasteiger partial charge in [0.2, 0.25) is 0 Å². The van der Waals surface area contributed by atoms with E-state index in [-0.39, 0.29) is 26.6 Å². The quantitative estimate of drug-likeness (QED) is 0.155. The zero-order chi connectivity index (χ0) is 40.8. The molecule has 300 valence electrons. The van der Waals surface area contributed by atoms with Gasteiger partial charge in [-0.3, -0.25) is 0 Å². The Kier molecular flexibility index (Phi) is 9.42. The summed E-state index contributed by atoms with van der Waals surface area (Å²) in [6.45, 7) is 12.1. The molecule has 0 N–H and O–H groups in total. The summed E-state index contributed by atoms with van der Waals surface area (Å²) in [6.07, 6.45) is 1.95. The van der Waals surface area contributed by atoms with Crippen molar-refractivity contribution in [1.29, 1.82) is 0 Å². The summed E-state index contributed by atoms with van der Waals surface area (Å²) in [6, 6.07) is 68.0. The molecule has 0 radical (unpaired) electrons. The first-order valence-corrected chi connectivity index (χ1v) is 21.1. The molecule has 7 aromatic carbocycles. The molecule has 1 aliphatic carbocycles. The first-order chi connectivity index (χ1) is 29.2. The van der Waals surface area contributed by atoms with Crippen LogP contribution in [0.25, 0.3) is 49.9 Å². The maximum atomic E-state index is 5.08. The van der Waals surface area contributed by atoms with Crippen molar-refractivity contribution in [2.45, 2.75) is 51.5 Å². The molecular weight excluding hydrogens is 924 g/mol. The SMILES string of the molecule is CC(C)c1ccccc1-c1ccnc(-n2c3[c-]c(C4(c5[c-]c(N6CN(C(C)(C)C)c7ccccc76)ccc5)c5ccccc5-c5ccccc54)ccc3c3ccccc32)c1.[Pt+2]. The van der Waals surface area contributed by atoms with E-state index in [1.807, 2.05) is 6.20 Å². The number of fused-ring (bicyclic) bond motifs is 7. The van der Waals surface area contributed by atoms with E-state index >= 15 is 0 Å². The maximum Gasteiger partial charge on any atom is 2.00 e. The van der Waals surface area contributed by atoms with E-state index in [9.17, 15) is 0 Å². The molecule has 2 aromatic heterocycles. The van der Waals surface area contributed by atoms with Crippen LogP contribution in [0.15, 0.2) is 170 Å². The standard InChI is InChI=1S/C56H46N4.Pt/c1-37(2)42-19-6-7-20-43(42)38-31-32-57-54(33-38)60-50-26-13-10-23-46(50)47-30-29-40(35-53(47)60)56(48-24-11-8-21-44(48)45-22-9-12-25-49(45)56)39-17-16-18-41(34-39)58-36-59(55(3,4)5)52-28-15-14-27-51(52)58;/h6-33,37H,36H2,1-5H3;/q-2;+2. The molecular formula is C56H46N4Pt. The molecule has 0 fully saturated rings. The van der Waals surface area contributed by atoms with Gasteiger partial charge in [0, 0.05) is 22.7 Å². The zero-order valence-corrected chi connectivity index (χ0v) is 37.3. The first-order valence-electron chi connectivity index (χ1n) is 21.1. The summed E-state index contributed by atoms with van der Waals surface area (Å²) in [5.41, 5.74) is 15.7. The van der Waals surface area contributed by atoms with Crippen LogP contribution < -0.4 is 9.80 Å². The van der Waals surface area contributed by atoms with Crippen molar-refractivity contribution in [2.75, 3.05) is 16.5 Å². The summed E-state index contributed by atoms with van der Waals surface area (Å²) in [4.78, 5) is 9.99. The molecule has 4 nitrogen and oxygen atoms in total. The van der Waals surface area contributed by atoms with Gasteiger partial charge in [-0.2, -0.15) is 36.4 Å². The van der Waals surface area contributed by atoms with Gasteiger partial charge in [0.15, 0.2) is 0 Å². The molecule has 61 heavy (non-hydrogen) atoms. The van der Waals surface area contributed by atoms with Gasteiger partial charge in [-0.1, -0.05) is 128 Å². The summed E-state index contributed by atoms with van der Waals surface area (Å²) in [7, 11) is 0. The van der Waals surface area contributed by atoms with Gasteiger partial charge in [0.05, 0.1) is 18.0 Å². The number of hydrogen-bond acceptors (Lipinski definition) is 3. The Morgan fingerprint density at radius 3 is 1.98 bits per heavy atom. The Hall–Kier alpha value is -6.22. The summed E-state index contributed by atoms with van der Waals surface area (Å²) < 4.78 is 2.32. The van der Waals surface area contributed by atoms with Crippen LogP contribution >= 0.6 is 0 Å². The average Bonchev–Trinajstić information content (AvgIpc) is 3.94. The number of aromatic nitrogens is 2. The van der Waals surface area contributed by atoms with Gasteiger partial charge in [-0.05, 0) is 101 Å². The van der Waals surface area contributed by atoms with Crippen molar-refractivity contribution in [1.82, 2.24) is 9.55 Å². The smallest absolute Gasteiger partial charge is 0.347 e. The Balaban J connectivity index is 0.00000445. The van der Waals surface area contributed by atoms with Crippen molar-refractivity contribution >= 4 is 38.9 Å². The Morgan fingerprint density at radius 2 is 1.25 bits per heavy atom. The Bertz CT molecular complexity index is 3090. The monoisotopic (exact) mass is 969 g/mol. The van der Waals surface area contributed by atoms with Crippen LogP contribution in [-0.4, -0.2) is 21.8 Å². The number of rotatable bonds is 6. The minimum Gasteiger partial charge on any atom is -0.347 e. The molecule has 0 atom stereocenters. The molecule has 0 bridgehead atoms. The molecule has 2 aliphatic rings. The van der Waals surface area contributed by atoms with Crippen LogP contribution in [0.5, 0.6) is 0 Å². The molecule has 9 aromatic rings. The third kappa shape index (κ3) is 5.94. The van der Waals surface area contributed by atoms with E-state index in [1.165, 1.54) is 50.1 Å². The van der Waals surface area contributed by atoms with Crippen LogP contribution in [0.3, 0.4) is 0 Å². The van der Waals surface area contributed by atoms with Crippen molar-refractivity contribution in [3.05, 3.63) is 210 Å². The fourth-order valence-corrected chi connectivity index (χ4v) is 10.1. The van der Waals surface area contributed by atoms with Crippen LogP contribution in [-0.2, 0) is 26.5 Å². The van der Waals surface area contributed by atoms with Crippen LogP contribution in [0.4, 0.5) is 17.1 Å². The van der Waals surface area contributed by atoms with Gasteiger partial charge >= 0.3 is 21.1 Å². The molecule has 0 unspecified atom stereocenters. The Labute approximate surface area is 373 Å². The van der Waals surface area contributed by atoms with Crippen LogP contribution in [0.1, 0.15) is 68.4 Å². The summed E-state index contributed by atoms with van der Waals surface area (Å²) >= 11 is 0. The third-order valence-corrected chi connectivity index (χ3v) is 12.8. The fourth-order valence-electron chi connectivity index (χ4n) is 10.1. The number of para-hydroxylation sites is 3. The maximum absolute atomic E-state index is 5.08. The van der Waals surface area contributed by atoms with E-state index in [0.29, 0.717) is 5.92 Å². The number of benzene rings is 7. The minimum absolute atomic E-state index is 0. The molecule has 0 spiro atoms. The topological polar surface area (TPSA) is 24.3 Å². The first kappa shape index (κ1) is 38.9. The molecule has 11 rings (SSSR count). The van der Waals surface area contributed by atoms with E-state index in [4.69, 9.17) is 4.98 Å². The molecule has 5 heteroatoms. The minimum atomic E-state index is -0.701. The summed E-state index contributed by atoms with van der Waals surface area (Å²) in [5, 5.41) is 2.32. The average molecular weight is 970 g/mol. The molecule has 3 heterocycles. The zero-order valence-electron chi connectivity index (χ0n) is 35.1. The van der Waals surface area contributed by atoms with Gasteiger partial charge in [0.25, 0.3) is 0 Å². The molecule has 0 saturated carbocycles. The van der Waals surface area contributed by atoms with E-state index in [0.717, 1.165) is 51.3 Å². The molecule has 1 aliphatic heterocycles. The van der Waals surface area contributed by atoms with Crippen molar-refractivity contribution in [2.24, 2.45) is 0 Å². The van der Waals surface area contributed by atoms with Gasteiger partial charge in [-0.15, -0.1) is 22.6 Å². The van der Waals surface area contributed by atoms with Gasteiger partial charge in [-0.25, -0.2) is 4.98 Å². The van der Waals surface area contributed by atoms with Crippen molar-refractivity contribution in [3.8, 4) is 28.1 Å². The summed E-state index contributed by atoms with van der Waals surface area (Å²) in [5.74, 6) is 1.26. The van der Waals surface area contributed by atoms with Crippen LogP contribution in [0.2, 0.25) is 0 Å². The number of pyridine rings is 1. The normalized spacial score (nSPS) is 14.0. The predicted octanol–water partition coefficient (Wildman–Crippen LogP) is 13.6. The van der Waals surface area contributed by atoms with Gasteiger partial charge in [0.1, 0.15) is 5.82 Å². The number of hydrogen-bond donors (Lipinski definition) is 0. The van der Waals surface area contributed by atoms with Crippen LogP contribution in [0, 0.1) is 12.1 Å². The van der Waals surface area contributed by atoms with Gasteiger partial charge < -0.3 is 14.4 Å². The molecule has 0 amide bonds. The van der Waals surface area contributed by atoms with E-state index in [1.54, 1.807) is 0 Å². The van der Waals surface area contributed by atoms with Crippen molar-refractivity contribution in [3.63, 3.8) is 0 Å². The third-order valence-electron chi connectivity index (χ3n) is 12.8. The second kappa shape index (κ2) is 14.7. The predicted molar refractivity (Wildman–Crippen MR) is 249 cm³/mol. The van der Waals surface area contributed by atoms with E-state index < -0.39 is 5.41 Å². The van der Waals surface area contributed by atoms with Crippen molar-refractivity contribution < 1.29 is 21.1 Å². The largest absolute Gasteiger partial charge is 2.00 e. The number of nitrogens with zero attached hydrogens (tertiary/aromatic N) is 4. The number of anilines is 3.